The number of fused-ring (bicyclic) bond motifs is 1. The number of thiophene rings is 1. The van der Waals surface area contributed by atoms with Crippen molar-refractivity contribution < 1.29 is 0 Å². The zero-order valence-corrected chi connectivity index (χ0v) is 11.7. The van der Waals surface area contributed by atoms with Crippen LogP contribution in [0.15, 0.2) is 23.6 Å². The van der Waals surface area contributed by atoms with Crippen LogP contribution in [0.4, 0.5) is 0 Å². The normalized spacial score (nSPS) is 8.67. The molecule has 1 aromatic heterocycles. The van der Waals surface area contributed by atoms with Gasteiger partial charge in [0.25, 0.3) is 0 Å². The summed E-state index contributed by atoms with van der Waals surface area (Å²) in [6.07, 6.45) is 0. The largest absolute Gasteiger partial charge is 0.144 e. The number of hydrogen-bond donors (Lipinski definition) is 0. The molecule has 0 spiro atoms. The smallest absolute Gasteiger partial charge is 0.0413 e. The summed E-state index contributed by atoms with van der Waals surface area (Å²) in [5, 5.41) is 4.25. The van der Waals surface area contributed by atoms with Gasteiger partial charge >= 0.3 is 0 Å². The van der Waals surface area contributed by atoms with Crippen LogP contribution in [-0.2, 0) is 0 Å². The van der Waals surface area contributed by atoms with E-state index in [0.717, 1.165) is 5.02 Å². The summed E-state index contributed by atoms with van der Waals surface area (Å²) in [4.78, 5) is 0. The van der Waals surface area contributed by atoms with E-state index in [1.165, 1.54) is 15.6 Å². The maximum Gasteiger partial charge on any atom is 0.0413 e. The molecule has 0 bridgehead atoms. The highest BCUT2D eigenvalue weighted by Gasteiger charge is 1.98. The fraction of sp³-hybridized carbons (Fsp3) is 0.385. The van der Waals surface area contributed by atoms with Gasteiger partial charge in [0.05, 0.1) is 0 Å². The average Bonchev–Trinajstić information content (AvgIpc) is 2.66. The standard InChI is InChI=1S/C9H7ClS.2C2H6/c1-6-5-11-9-3-2-7(10)4-8(6)9;2*1-2/h2-5H,1H3;2*1-2H3. The van der Waals surface area contributed by atoms with Crippen molar-refractivity contribution in [1.29, 1.82) is 0 Å². The number of halogens is 1. The van der Waals surface area contributed by atoms with Gasteiger partial charge in [-0.3, -0.25) is 0 Å². The van der Waals surface area contributed by atoms with Gasteiger partial charge in [0, 0.05) is 9.72 Å². The molecule has 0 unspecified atom stereocenters. The highest BCUT2D eigenvalue weighted by molar-refractivity contribution is 7.17. The van der Waals surface area contributed by atoms with Crippen LogP contribution in [0, 0.1) is 6.92 Å². The van der Waals surface area contributed by atoms with E-state index >= 15 is 0 Å². The number of benzene rings is 1. The molecule has 0 nitrogen and oxygen atoms in total. The Morgan fingerprint density at radius 3 is 2.27 bits per heavy atom. The third-order valence-corrected chi connectivity index (χ3v) is 3.05. The lowest BCUT2D eigenvalue weighted by atomic mass is 10.2. The first kappa shape index (κ1) is 14.5. The van der Waals surface area contributed by atoms with Crippen molar-refractivity contribution in [2.75, 3.05) is 0 Å². The van der Waals surface area contributed by atoms with Gasteiger partial charge in [-0.1, -0.05) is 39.3 Å². The molecule has 1 heterocycles. The Bertz CT molecular complexity index is 390. The van der Waals surface area contributed by atoms with Crippen molar-refractivity contribution in [3.05, 3.63) is 34.2 Å². The van der Waals surface area contributed by atoms with Gasteiger partial charge < -0.3 is 0 Å². The SMILES string of the molecule is CC.CC.Cc1csc2ccc(Cl)cc12. The second-order valence-electron chi connectivity index (χ2n) is 2.56. The summed E-state index contributed by atoms with van der Waals surface area (Å²) in [7, 11) is 0. The molecule has 84 valence electrons. The molecule has 0 saturated carbocycles. The second-order valence-corrected chi connectivity index (χ2v) is 3.91. The lowest BCUT2D eigenvalue weighted by molar-refractivity contribution is 1.50. The molecule has 0 aliphatic heterocycles. The van der Waals surface area contributed by atoms with Gasteiger partial charge in [-0.05, 0) is 41.5 Å². The highest BCUT2D eigenvalue weighted by atomic mass is 35.5. The maximum absolute atomic E-state index is 5.85. The summed E-state index contributed by atoms with van der Waals surface area (Å²) >= 11 is 7.62. The van der Waals surface area contributed by atoms with Crippen LogP contribution in [0.25, 0.3) is 10.1 Å². The Morgan fingerprint density at radius 1 is 1.07 bits per heavy atom. The first-order chi connectivity index (χ1) is 7.27. The summed E-state index contributed by atoms with van der Waals surface area (Å²) < 4.78 is 1.31. The van der Waals surface area contributed by atoms with Crippen molar-refractivity contribution in [2.45, 2.75) is 34.6 Å². The van der Waals surface area contributed by atoms with Gasteiger partial charge in [0.15, 0.2) is 0 Å². The minimum atomic E-state index is 0.819. The Balaban J connectivity index is 0.000000442. The number of aryl methyl sites for hydroxylation is 1. The van der Waals surface area contributed by atoms with Gasteiger partial charge in [-0.25, -0.2) is 0 Å². The molecule has 0 N–H and O–H groups in total. The van der Waals surface area contributed by atoms with Gasteiger partial charge in [-0.2, -0.15) is 0 Å². The van der Waals surface area contributed by atoms with E-state index < -0.39 is 0 Å². The molecular weight excluding hydrogens is 224 g/mol. The van der Waals surface area contributed by atoms with Crippen molar-refractivity contribution in [3.8, 4) is 0 Å². The van der Waals surface area contributed by atoms with E-state index in [1.807, 2.05) is 39.8 Å². The lowest BCUT2D eigenvalue weighted by Crippen LogP contribution is -1.66. The molecule has 0 saturated heterocycles. The molecule has 2 aromatic rings. The summed E-state index contributed by atoms with van der Waals surface area (Å²) in [6, 6.07) is 6.01. The Morgan fingerprint density at radius 2 is 1.67 bits per heavy atom. The topological polar surface area (TPSA) is 0 Å². The van der Waals surface area contributed by atoms with Crippen LogP contribution in [0.3, 0.4) is 0 Å². The second kappa shape index (κ2) is 7.72. The minimum absolute atomic E-state index is 0.819. The minimum Gasteiger partial charge on any atom is -0.144 e. The van der Waals surface area contributed by atoms with Crippen LogP contribution >= 0.6 is 22.9 Å². The molecule has 15 heavy (non-hydrogen) atoms. The van der Waals surface area contributed by atoms with E-state index in [4.69, 9.17) is 11.6 Å². The molecule has 2 heteroatoms. The highest BCUT2D eigenvalue weighted by Crippen LogP contribution is 2.27. The van der Waals surface area contributed by atoms with Crippen LogP contribution in [0.5, 0.6) is 0 Å². The molecular formula is C13H19ClS. The maximum atomic E-state index is 5.85. The van der Waals surface area contributed by atoms with Crippen LogP contribution in [-0.4, -0.2) is 0 Å². The van der Waals surface area contributed by atoms with Crippen molar-refractivity contribution >= 4 is 33.0 Å². The van der Waals surface area contributed by atoms with Gasteiger partial charge in [0.1, 0.15) is 0 Å². The molecule has 0 aliphatic rings. The monoisotopic (exact) mass is 242 g/mol. The zero-order chi connectivity index (χ0) is 11.8. The molecule has 0 aliphatic carbocycles. The van der Waals surface area contributed by atoms with E-state index in [-0.39, 0.29) is 0 Å². The summed E-state index contributed by atoms with van der Waals surface area (Å²) in [5.41, 5.74) is 1.31. The van der Waals surface area contributed by atoms with E-state index in [2.05, 4.69) is 18.4 Å². The Kier molecular flexibility index (Phi) is 7.45. The van der Waals surface area contributed by atoms with Gasteiger partial charge in [0.2, 0.25) is 0 Å². The Labute approximate surface area is 102 Å². The van der Waals surface area contributed by atoms with E-state index in [0.29, 0.717) is 0 Å². The summed E-state index contributed by atoms with van der Waals surface area (Å²) in [6.45, 7) is 10.1. The van der Waals surface area contributed by atoms with Crippen molar-refractivity contribution in [1.82, 2.24) is 0 Å². The fourth-order valence-electron chi connectivity index (χ4n) is 1.13. The van der Waals surface area contributed by atoms with Gasteiger partial charge in [-0.15, -0.1) is 11.3 Å². The Hall–Kier alpha value is -0.530. The third kappa shape index (κ3) is 3.84. The lowest BCUT2D eigenvalue weighted by Gasteiger charge is -1.91. The van der Waals surface area contributed by atoms with Crippen molar-refractivity contribution in [2.24, 2.45) is 0 Å². The van der Waals surface area contributed by atoms with Crippen LogP contribution in [0.2, 0.25) is 5.02 Å². The molecule has 0 amide bonds. The van der Waals surface area contributed by atoms with Crippen molar-refractivity contribution in [3.63, 3.8) is 0 Å². The predicted molar refractivity (Wildman–Crippen MR) is 74.3 cm³/mol. The van der Waals surface area contributed by atoms with E-state index in [1.54, 1.807) is 11.3 Å². The molecule has 0 atom stereocenters. The average molecular weight is 243 g/mol. The molecule has 0 fully saturated rings. The third-order valence-electron chi connectivity index (χ3n) is 1.73. The molecule has 2 rings (SSSR count). The van der Waals surface area contributed by atoms with E-state index in [9.17, 15) is 0 Å². The zero-order valence-electron chi connectivity index (χ0n) is 10.1. The first-order valence-electron chi connectivity index (χ1n) is 5.41. The number of rotatable bonds is 0. The van der Waals surface area contributed by atoms with Crippen LogP contribution in [0.1, 0.15) is 33.3 Å². The van der Waals surface area contributed by atoms with Crippen LogP contribution < -0.4 is 0 Å². The number of hydrogen-bond acceptors (Lipinski definition) is 1. The molecule has 0 radical (unpaired) electrons. The fourth-order valence-corrected chi connectivity index (χ4v) is 2.22. The quantitative estimate of drug-likeness (QED) is 0.538. The summed E-state index contributed by atoms with van der Waals surface area (Å²) in [5.74, 6) is 0. The predicted octanol–water partition coefficient (Wildman–Crippen LogP) is 5.92. The first-order valence-corrected chi connectivity index (χ1v) is 6.66. The molecule has 1 aromatic carbocycles.